The second kappa shape index (κ2) is 24.6. The molecule has 0 unspecified atom stereocenters. The molecule has 0 radical (unpaired) electrons. The Balaban J connectivity index is 0.743. The maximum absolute atomic E-state index is 6.31. The summed E-state index contributed by atoms with van der Waals surface area (Å²) in [6.07, 6.45) is 8.07. The monoisotopic (exact) mass is 1320 g/mol. The standard InChI is InChI=1S/C95H94BN3O2/c1-88(2)81-47-40-66(56-83(81)90(5,6)92(88,9)10)86-50-43-69(59-98-86)76-27-18-21-30-79(76)72-53-71(54-73(55-72)80-31-22-19-28-77(80)70-44-51-87(99-60-70)67-41-48-82-84(57-67)91(7,8)93(11,12)89(82,3)4)78-29-20-17-26-75(78)68-42-49-85(97-58-68)65-25-23-24-64(52-65)63-38-34-61(35-39-63)32-33-62-36-45-74(46-37-62)96-100-94(13,14)95(15,16)101-96/h17-31,34-60H,32-33H2,1-16H3. The van der Waals surface area contributed by atoms with E-state index in [0.29, 0.717) is 0 Å². The Bertz CT molecular complexity index is 4940. The molecule has 0 spiro atoms. The van der Waals surface area contributed by atoms with Gasteiger partial charge < -0.3 is 9.31 Å². The van der Waals surface area contributed by atoms with Crippen LogP contribution in [0.1, 0.15) is 144 Å². The lowest BCUT2D eigenvalue weighted by Crippen LogP contribution is -2.42. The highest BCUT2D eigenvalue weighted by molar-refractivity contribution is 6.62. The molecule has 9 aromatic carbocycles. The first-order chi connectivity index (χ1) is 48.0. The van der Waals surface area contributed by atoms with Gasteiger partial charge >= 0.3 is 7.12 Å². The van der Waals surface area contributed by atoms with Crippen LogP contribution in [0.2, 0.25) is 0 Å². The summed E-state index contributed by atoms with van der Waals surface area (Å²) >= 11 is 0. The molecule has 1 fully saturated rings. The van der Waals surface area contributed by atoms with Crippen LogP contribution >= 0.6 is 0 Å². The third-order valence-electron chi connectivity index (χ3n) is 26.1. The van der Waals surface area contributed by atoms with Crippen LogP contribution in [0.25, 0.3) is 112 Å². The number of aromatic nitrogens is 3. The van der Waals surface area contributed by atoms with E-state index in [2.05, 4.69) is 360 Å². The summed E-state index contributed by atoms with van der Waals surface area (Å²) in [5.74, 6) is 0. The van der Waals surface area contributed by atoms with Crippen molar-refractivity contribution < 1.29 is 9.31 Å². The first-order valence-corrected chi connectivity index (χ1v) is 36.3. The zero-order valence-corrected chi connectivity index (χ0v) is 61.9. The van der Waals surface area contributed by atoms with E-state index in [9.17, 15) is 0 Å². The molecule has 1 aliphatic heterocycles. The minimum atomic E-state index is -0.364. The average molecular weight is 1320 g/mol. The zero-order chi connectivity index (χ0) is 70.8. The molecular formula is C95H94BN3O2. The minimum Gasteiger partial charge on any atom is -0.399 e. The van der Waals surface area contributed by atoms with E-state index in [1.165, 1.54) is 38.9 Å². The van der Waals surface area contributed by atoms with Gasteiger partial charge in [0.15, 0.2) is 0 Å². The maximum atomic E-state index is 6.31. The highest BCUT2D eigenvalue weighted by Gasteiger charge is 2.58. The molecule has 4 heterocycles. The smallest absolute Gasteiger partial charge is 0.399 e. The molecule has 0 atom stereocenters. The molecule has 0 bridgehead atoms. The third-order valence-corrected chi connectivity index (χ3v) is 26.1. The van der Waals surface area contributed by atoms with Gasteiger partial charge in [-0.2, -0.15) is 0 Å². The lowest BCUT2D eigenvalue weighted by molar-refractivity contribution is 0.00578. The molecule has 5 nitrogen and oxygen atoms in total. The number of fused-ring (bicyclic) bond motifs is 2. The topological polar surface area (TPSA) is 57.1 Å². The molecule has 1 saturated heterocycles. The van der Waals surface area contributed by atoms with Crippen molar-refractivity contribution in [2.75, 3.05) is 0 Å². The fraction of sp³-hybridized carbons (Fsp3) is 0.274. The molecule has 3 aliphatic rings. The van der Waals surface area contributed by atoms with Crippen molar-refractivity contribution in [2.45, 2.75) is 156 Å². The Morgan fingerprint density at radius 1 is 0.257 bits per heavy atom. The summed E-state index contributed by atoms with van der Waals surface area (Å²) in [5, 5.41) is 0. The van der Waals surface area contributed by atoms with Crippen molar-refractivity contribution in [1.82, 2.24) is 15.0 Å². The highest BCUT2D eigenvalue weighted by atomic mass is 16.7. The van der Waals surface area contributed by atoms with Crippen molar-refractivity contribution >= 4 is 12.6 Å². The van der Waals surface area contributed by atoms with Gasteiger partial charge in [0.05, 0.1) is 28.3 Å². The van der Waals surface area contributed by atoms with Crippen LogP contribution in [0.4, 0.5) is 0 Å². The van der Waals surface area contributed by atoms with Crippen molar-refractivity contribution in [3.63, 3.8) is 0 Å². The summed E-state index contributed by atoms with van der Waals surface area (Å²) in [5.41, 5.74) is 30.6. The Labute approximate surface area is 600 Å². The summed E-state index contributed by atoms with van der Waals surface area (Å²) in [4.78, 5) is 15.7. The molecule has 15 rings (SSSR count). The zero-order valence-electron chi connectivity index (χ0n) is 61.9. The maximum Gasteiger partial charge on any atom is 0.494 e. The second-order valence-electron chi connectivity index (χ2n) is 33.1. The summed E-state index contributed by atoms with van der Waals surface area (Å²) in [6, 6.07) is 87.4. The number of hydrogen-bond donors (Lipinski definition) is 0. The van der Waals surface area contributed by atoms with E-state index in [1.54, 1.807) is 0 Å². The van der Waals surface area contributed by atoms with Crippen LogP contribution in [0, 0.1) is 10.8 Å². The molecule has 101 heavy (non-hydrogen) atoms. The van der Waals surface area contributed by atoms with Crippen LogP contribution < -0.4 is 5.46 Å². The Hall–Kier alpha value is -9.59. The van der Waals surface area contributed by atoms with Gasteiger partial charge in [-0.05, 0) is 228 Å². The fourth-order valence-electron chi connectivity index (χ4n) is 16.5. The Morgan fingerprint density at radius 3 is 0.911 bits per heavy atom. The second-order valence-corrected chi connectivity index (χ2v) is 33.1. The largest absolute Gasteiger partial charge is 0.494 e. The number of pyridine rings is 3. The van der Waals surface area contributed by atoms with Crippen molar-refractivity contribution in [1.29, 1.82) is 0 Å². The van der Waals surface area contributed by atoms with Crippen molar-refractivity contribution in [3.05, 3.63) is 289 Å². The van der Waals surface area contributed by atoms with E-state index < -0.39 is 0 Å². The first-order valence-electron chi connectivity index (χ1n) is 36.3. The predicted octanol–water partition coefficient (Wildman–Crippen LogP) is 23.8. The van der Waals surface area contributed by atoms with Gasteiger partial charge in [0.25, 0.3) is 0 Å². The van der Waals surface area contributed by atoms with Crippen molar-refractivity contribution in [3.8, 4) is 112 Å². The number of hydrogen-bond acceptors (Lipinski definition) is 5. The molecule has 6 heteroatoms. The molecule has 3 aromatic heterocycles. The van der Waals surface area contributed by atoms with Crippen LogP contribution in [-0.2, 0) is 43.8 Å². The molecular weight excluding hydrogens is 1230 g/mol. The number of nitrogens with zero attached hydrogens (tertiary/aromatic N) is 3. The molecule has 0 N–H and O–H groups in total. The minimum absolute atomic E-state index is 0.00610. The number of benzene rings is 9. The molecule has 0 saturated carbocycles. The van der Waals surface area contributed by atoms with Crippen LogP contribution in [0.5, 0.6) is 0 Å². The third kappa shape index (κ3) is 11.4. The summed E-state index contributed by atoms with van der Waals surface area (Å²) < 4.78 is 12.6. The lowest BCUT2D eigenvalue weighted by atomic mass is 9.59. The highest BCUT2D eigenvalue weighted by Crippen LogP contribution is 2.63. The Kier molecular flexibility index (Phi) is 16.4. The van der Waals surface area contributed by atoms with E-state index in [4.69, 9.17) is 24.3 Å². The van der Waals surface area contributed by atoms with E-state index >= 15 is 0 Å². The van der Waals surface area contributed by atoms with Gasteiger partial charge in [-0.25, -0.2) is 0 Å². The predicted molar refractivity (Wildman–Crippen MR) is 423 cm³/mol. The first kappa shape index (κ1) is 67.3. The molecule has 2 aliphatic carbocycles. The quantitative estimate of drug-likeness (QED) is 0.102. The molecule has 0 amide bonds. The van der Waals surface area contributed by atoms with E-state index in [-0.39, 0.29) is 50.8 Å². The van der Waals surface area contributed by atoms with Crippen LogP contribution in [0.15, 0.2) is 255 Å². The number of rotatable bonds is 14. The van der Waals surface area contributed by atoms with Crippen LogP contribution in [0.3, 0.4) is 0 Å². The van der Waals surface area contributed by atoms with Gasteiger partial charge in [0.2, 0.25) is 0 Å². The van der Waals surface area contributed by atoms with Gasteiger partial charge in [-0.1, -0.05) is 265 Å². The lowest BCUT2D eigenvalue weighted by Gasteiger charge is -2.44. The van der Waals surface area contributed by atoms with Gasteiger partial charge in [0, 0.05) is 52.0 Å². The van der Waals surface area contributed by atoms with Crippen LogP contribution in [-0.4, -0.2) is 33.3 Å². The van der Waals surface area contributed by atoms with Crippen molar-refractivity contribution in [2.24, 2.45) is 10.8 Å². The van der Waals surface area contributed by atoms with E-state index in [0.717, 1.165) is 124 Å². The number of aryl methyl sites for hydroxylation is 2. The average Bonchev–Trinajstić information content (AvgIpc) is 1.55. The van der Waals surface area contributed by atoms with Gasteiger partial charge in [0.1, 0.15) is 0 Å². The summed E-state index contributed by atoms with van der Waals surface area (Å²) in [6.45, 7) is 37.3. The molecule has 12 aromatic rings. The van der Waals surface area contributed by atoms with Gasteiger partial charge in [-0.3, -0.25) is 15.0 Å². The normalized spacial score (nSPS) is 17.5. The van der Waals surface area contributed by atoms with E-state index in [1.807, 2.05) is 6.20 Å². The summed E-state index contributed by atoms with van der Waals surface area (Å²) in [7, 11) is -0.354. The van der Waals surface area contributed by atoms with Gasteiger partial charge in [-0.15, -0.1) is 0 Å². The SMILES string of the molecule is CC1(C)OB(c2ccc(CCc3ccc(-c4cccc(-c5ccc(-c6ccccc6-c6cc(-c7ccccc7-c7ccc(-c8ccc9c(c8)C(C)(C)C(C)(C)C9(C)C)nc7)cc(-c7ccccc7-c7ccc(-c8ccc9c(c8)C(C)(C)C(C)(C)C9(C)C)nc7)c6)cn5)c4)cc3)cc2)OC1(C)C. The Morgan fingerprint density at radius 2 is 0.554 bits per heavy atom. The molecule has 504 valence electrons. The fourth-order valence-corrected chi connectivity index (χ4v) is 16.5.